The zero-order valence-electron chi connectivity index (χ0n) is 12.1. The third kappa shape index (κ3) is 2.58. The van der Waals surface area contributed by atoms with Crippen molar-refractivity contribution in [1.29, 1.82) is 0 Å². The molecule has 0 radical (unpaired) electrons. The molecule has 0 fully saturated rings. The third-order valence-electron chi connectivity index (χ3n) is 3.45. The maximum atomic E-state index is 13.8. The topological polar surface area (TPSA) is 63.4 Å². The summed E-state index contributed by atoms with van der Waals surface area (Å²) in [7, 11) is -2.56. The molecule has 6 heteroatoms. The summed E-state index contributed by atoms with van der Waals surface area (Å²) in [6, 6.07) is 9.04. The second-order valence-corrected chi connectivity index (χ2v) is 6.76. The van der Waals surface area contributed by atoms with E-state index in [1.807, 2.05) is 0 Å². The van der Waals surface area contributed by atoms with Gasteiger partial charge in [0.25, 0.3) is 10.0 Å². The molecule has 2 rings (SSSR count). The molecule has 21 heavy (non-hydrogen) atoms. The molecule has 0 heterocycles. The second kappa shape index (κ2) is 5.37. The van der Waals surface area contributed by atoms with E-state index in [9.17, 15) is 12.8 Å². The Bertz CT molecular complexity index is 788. The summed E-state index contributed by atoms with van der Waals surface area (Å²) in [5, 5.41) is 0. The number of hydrogen-bond donors (Lipinski definition) is 1. The van der Waals surface area contributed by atoms with Gasteiger partial charge in [0.2, 0.25) is 0 Å². The summed E-state index contributed by atoms with van der Waals surface area (Å²) >= 11 is 0. The van der Waals surface area contributed by atoms with Crippen LogP contribution in [-0.4, -0.2) is 15.5 Å². The summed E-state index contributed by atoms with van der Waals surface area (Å²) < 4.78 is 40.3. The Balaban J connectivity index is 2.64. The molecule has 2 aromatic carbocycles. The van der Waals surface area contributed by atoms with Crippen molar-refractivity contribution < 1.29 is 12.8 Å². The lowest BCUT2D eigenvalue weighted by atomic mass is 10.1. The Morgan fingerprint density at radius 2 is 1.71 bits per heavy atom. The smallest absolute Gasteiger partial charge is 0.264 e. The number of rotatable bonds is 3. The molecule has 0 aliphatic carbocycles. The van der Waals surface area contributed by atoms with Crippen LogP contribution in [-0.2, 0) is 10.0 Å². The van der Waals surface area contributed by atoms with Crippen molar-refractivity contribution in [2.24, 2.45) is 0 Å². The molecule has 0 aliphatic rings. The first-order valence-electron chi connectivity index (χ1n) is 6.36. The maximum absolute atomic E-state index is 13.8. The minimum Gasteiger partial charge on any atom is -0.398 e. The van der Waals surface area contributed by atoms with Crippen molar-refractivity contribution in [3.05, 3.63) is 53.3 Å². The fraction of sp³-hybridized carbons (Fsp3) is 0.200. The number of nitrogens with two attached hydrogens (primary N) is 1. The summed E-state index contributed by atoms with van der Waals surface area (Å²) in [6.07, 6.45) is 0. The maximum Gasteiger partial charge on any atom is 0.264 e. The Labute approximate surface area is 124 Å². The Hall–Kier alpha value is -2.08. The van der Waals surface area contributed by atoms with Gasteiger partial charge in [0, 0.05) is 12.7 Å². The average molecular weight is 308 g/mol. The lowest BCUT2D eigenvalue weighted by Gasteiger charge is -2.22. The van der Waals surface area contributed by atoms with Gasteiger partial charge < -0.3 is 5.73 Å². The van der Waals surface area contributed by atoms with Crippen LogP contribution in [0.1, 0.15) is 11.1 Å². The molecule has 0 amide bonds. The predicted octanol–water partition coefficient (Wildman–Crippen LogP) is 2.85. The Kier molecular flexibility index (Phi) is 3.91. The predicted molar refractivity (Wildman–Crippen MR) is 82.3 cm³/mol. The lowest BCUT2D eigenvalue weighted by molar-refractivity contribution is 0.588. The zero-order valence-corrected chi connectivity index (χ0v) is 12.9. The highest BCUT2D eigenvalue weighted by atomic mass is 32.2. The van der Waals surface area contributed by atoms with E-state index in [4.69, 9.17) is 5.73 Å². The van der Waals surface area contributed by atoms with E-state index >= 15 is 0 Å². The highest BCUT2D eigenvalue weighted by Crippen LogP contribution is 2.30. The number of para-hydroxylation sites is 1. The van der Waals surface area contributed by atoms with Gasteiger partial charge in [0.05, 0.1) is 10.6 Å². The highest BCUT2D eigenvalue weighted by molar-refractivity contribution is 7.93. The van der Waals surface area contributed by atoms with Crippen LogP contribution in [0.4, 0.5) is 15.8 Å². The van der Waals surface area contributed by atoms with Gasteiger partial charge in [-0.3, -0.25) is 4.31 Å². The molecule has 0 bridgehead atoms. The molecule has 112 valence electrons. The zero-order chi connectivity index (χ0) is 15.8. The van der Waals surface area contributed by atoms with Crippen molar-refractivity contribution in [1.82, 2.24) is 0 Å². The van der Waals surface area contributed by atoms with Gasteiger partial charge in [-0.15, -0.1) is 0 Å². The van der Waals surface area contributed by atoms with Gasteiger partial charge in [0.1, 0.15) is 5.82 Å². The highest BCUT2D eigenvalue weighted by Gasteiger charge is 2.27. The van der Waals surface area contributed by atoms with Crippen LogP contribution in [0.5, 0.6) is 0 Å². The number of sulfonamides is 1. The standard InChI is InChI=1S/C15H17FN2O2S/c1-10-8-9-13(17)11(2)15(10)21(19,20)18(3)14-7-5-4-6-12(14)16/h4-9H,17H2,1-3H3. The van der Waals surface area contributed by atoms with E-state index in [2.05, 4.69) is 0 Å². The van der Waals surface area contributed by atoms with Crippen molar-refractivity contribution in [2.45, 2.75) is 18.7 Å². The molecular formula is C15H17FN2O2S. The monoisotopic (exact) mass is 308 g/mol. The van der Waals surface area contributed by atoms with Crippen LogP contribution in [0.2, 0.25) is 0 Å². The van der Waals surface area contributed by atoms with Crippen LogP contribution in [0.25, 0.3) is 0 Å². The van der Waals surface area contributed by atoms with Gasteiger partial charge in [-0.05, 0) is 43.2 Å². The number of nitrogen functional groups attached to an aromatic ring is 1. The Morgan fingerprint density at radius 3 is 2.33 bits per heavy atom. The second-order valence-electron chi connectivity index (χ2n) is 4.85. The Morgan fingerprint density at radius 1 is 1.10 bits per heavy atom. The van der Waals surface area contributed by atoms with Gasteiger partial charge >= 0.3 is 0 Å². The summed E-state index contributed by atoms with van der Waals surface area (Å²) in [6.45, 7) is 3.33. The summed E-state index contributed by atoms with van der Waals surface area (Å²) in [4.78, 5) is 0.119. The number of hydrogen-bond acceptors (Lipinski definition) is 3. The summed E-state index contributed by atoms with van der Waals surface area (Å²) in [5.74, 6) is -0.595. The first-order chi connectivity index (χ1) is 9.76. The quantitative estimate of drug-likeness (QED) is 0.887. The van der Waals surface area contributed by atoms with E-state index < -0.39 is 15.8 Å². The summed E-state index contributed by atoms with van der Waals surface area (Å²) in [5.41, 5.74) is 7.23. The van der Waals surface area contributed by atoms with E-state index in [0.29, 0.717) is 16.8 Å². The molecule has 0 saturated heterocycles. The fourth-order valence-electron chi connectivity index (χ4n) is 2.21. The molecule has 0 unspecified atom stereocenters. The van der Waals surface area contributed by atoms with Crippen molar-refractivity contribution in [2.75, 3.05) is 17.1 Å². The average Bonchev–Trinajstić information content (AvgIpc) is 2.43. The van der Waals surface area contributed by atoms with Crippen molar-refractivity contribution in [3.63, 3.8) is 0 Å². The van der Waals surface area contributed by atoms with E-state index in [0.717, 1.165) is 4.31 Å². The molecule has 0 saturated carbocycles. The molecule has 0 aliphatic heterocycles. The van der Waals surface area contributed by atoms with Crippen LogP contribution in [0.3, 0.4) is 0 Å². The number of halogens is 1. The normalized spacial score (nSPS) is 11.4. The number of benzene rings is 2. The van der Waals surface area contributed by atoms with Crippen LogP contribution in [0, 0.1) is 19.7 Å². The fourth-order valence-corrected chi connectivity index (χ4v) is 3.87. The van der Waals surface area contributed by atoms with Crippen LogP contribution < -0.4 is 10.0 Å². The van der Waals surface area contributed by atoms with Gasteiger partial charge in [-0.2, -0.15) is 0 Å². The van der Waals surface area contributed by atoms with Crippen molar-refractivity contribution >= 4 is 21.4 Å². The largest absolute Gasteiger partial charge is 0.398 e. The lowest BCUT2D eigenvalue weighted by Crippen LogP contribution is -2.28. The van der Waals surface area contributed by atoms with Crippen LogP contribution in [0.15, 0.2) is 41.3 Å². The van der Waals surface area contributed by atoms with Gasteiger partial charge in [0.15, 0.2) is 0 Å². The molecular weight excluding hydrogens is 291 g/mol. The number of aryl methyl sites for hydroxylation is 1. The van der Waals surface area contributed by atoms with Gasteiger partial charge in [-0.1, -0.05) is 18.2 Å². The molecule has 4 nitrogen and oxygen atoms in total. The van der Waals surface area contributed by atoms with E-state index in [1.54, 1.807) is 32.0 Å². The molecule has 0 atom stereocenters. The minimum absolute atomic E-state index is 0.00118. The molecule has 2 N–H and O–H groups in total. The van der Waals surface area contributed by atoms with Gasteiger partial charge in [-0.25, -0.2) is 12.8 Å². The third-order valence-corrected chi connectivity index (χ3v) is 5.52. The molecule has 0 aromatic heterocycles. The minimum atomic E-state index is -3.89. The molecule has 2 aromatic rings. The first-order valence-corrected chi connectivity index (χ1v) is 7.80. The SMILES string of the molecule is Cc1ccc(N)c(C)c1S(=O)(=O)N(C)c1ccccc1F. The van der Waals surface area contributed by atoms with E-state index in [-0.39, 0.29) is 10.6 Å². The van der Waals surface area contributed by atoms with Crippen molar-refractivity contribution in [3.8, 4) is 0 Å². The first kappa shape index (κ1) is 15.3. The van der Waals surface area contributed by atoms with E-state index in [1.165, 1.54) is 25.2 Å². The molecule has 0 spiro atoms. The van der Waals surface area contributed by atoms with Crippen LogP contribution >= 0.6 is 0 Å². The number of anilines is 2. The number of nitrogens with zero attached hydrogens (tertiary/aromatic N) is 1.